The normalized spacial score (nSPS) is 9.91. The minimum Gasteiger partial charge on any atom is -0.394 e. The monoisotopic (exact) mass is 152 g/mol. The molecular weight excluding hydrogens is 140 g/mol. The number of hydrogen-bond donors (Lipinski definition) is 2. The second-order valence-electron chi connectivity index (χ2n) is 2.52. The van der Waals surface area contributed by atoms with Crippen molar-refractivity contribution < 1.29 is 0 Å². The Kier molecular flexibility index (Phi) is 2.31. The highest BCUT2D eigenvalue weighted by molar-refractivity contribution is 5.34. The van der Waals surface area contributed by atoms with Gasteiger partial charge in [0.05, 0.1) is 5.69 Å². The fourth-order valence-electron chi connectivity index (χ4n) is 0.941. The van der Waals surface area contributed by atoms with Crippen LogP contribution in [-0.4, -0.2) is 4.98 Å². The van der Waals surface area contributed by atoms with Gasteiger partial charge < -0.3 is 10.7 Å². The summed E-state index contributed by atoms with van der Waals surface area (Å²) < 4.78 is 0. The summed E-state index contributed by atoms with van der Waals surface area (Å²) in [6, 6.07) is 3.49. The van der Waals surface area contributed by atoms with Gasteiger partial charge in [-0.25, -0.2) is 0 Å². The van der Waals surface area contributed by atoms with Crippen LogP contribution in [0.4, 0.5) is 5.69 Å². The van der Waals surface area contributed by atoms with Gasteiger partial charge in [-0.2, -0.15) is 0 Å². The number of H-pyrrole nitrogens is 1. The molecule has 11 heavy (non-hydrogen) atoms. The highest BCUT2D eigenvalue weighted by atomic mass is 16.1. The first-order valence-electron chi connectivity index (χ1n) is 3.71. The Morgan fingerprint density at radius 2 is 2.27 bits per heavy atom. The second-order valence-corrected chi connectivity index (χ2v) is 2.52. The van der Waals surface area contributed by atoms with Crippen LogP contribution >= 0.6 is 0 Å². The molecule has 0 radical (unpaired) electrons. The number of nitrogen functional groups attached to an aromatic ring is 1. The van der Waals surface area contributed by atoms with Crippen molar-refractivity contribution >= 4 is 5.69 Å². The lowest BCUT2D eigenvalue weighted by atomic mass is 10.2. The van der Waals surface area contributed by atoms with Crippen molar-refractivity contribution in [2.75, 3.05) is 5.73 Å². The van der Waals surface area contributed by atoms with Crippen molar-refractivity contribution in [3.63, 3.8) is 0 Å². The maximum Gasteiger partial charge on any atom is 0.271 e. The third kappa shape index (κ3) is 1.83. The number of rotatable bonds is 2. The molecule has 0 saturated carbocycles. The predicted octanol–water partition coefficient (Wildman–Crippen LogP) is 0.910. The molecule has 60 valence electrons. The average molecular weight is 152 g/mol. The summed E-state index contributed by atoms with van der Waals surface area (Å²) in [5, 5.41) is 0. The van der Waals surface area contributed by atoms with E-state index < -0.39 is 0 Å². The van der Waals surface area contributed by atoms with E-state index >= 15 is 0 Å². The van der Waals surface area contributed by atoms with Gasteiger partial charge in [-0.1, -0.05) is 13.3 Å². The van der Waals surface area contributed by atoms with Gasteiger partial charge in [0, 0.05) is 5.69 Å². The van der Waals surface area contributed by atoms with E-state index in [1.165, 1.54) is 0 Å². The summed E-state index contributed by atoms with van der Waals surface area (Å²) in [5.74, 6) is 0. The summed E-state index contributed by atoms with van der Waals surface area (Å²) in [5.41, 5.74) is 6.39. The van der Waals surface area contributed by atoms with Crippen LogP contribution in [0.5, 0.6) is 0 Å². The largest absolute Gasteiger partial charge is 0.394 e. The van der Waals surface area contributed by atoms with Gasteiger partial charge in [-0.3, -0.25) is 4.79 Å². The zero-order chi connectivity index (χ0) is 8.27. The molecule has 1 rings (SSSR count). The Bertz CT molecular complexity index is 290. The van der Waals surface area contributed by atoms with E-state index in [1.54, 1.807) is 6.07 Å². The Balaban J connectivity index is 2.96. The Morgan fingerprint density at radius 1 is 1.55 bits per heavy atom. The molecule has 0 aliphatic carbocycles. The van der Waals surface area contributed by atoms with Gasteiger partial charge in [0.1, 0.15) is 0 Å². The second kappa shape index (κ2) is 3.23. The molecule has 0 bridgehead atoms. The smallest absolute Gasteiger partial charge is 0.271 e. The fraction of sp³-hybridized carbons (Fsp3) is 0.375. The number of anilines is 1. The number of aromatic nitrogens is 1. The van der Waals surface area contributed by atoms with E-state index in [9.17, 15) is 4.79 Å². The van der Waals surface area contributed by atoms with Crippen LogP contribution in [0.1, 0.15) is 19.0 Å². The number of hydrogen-bond acceptors (Lipinski definition) is 2. The highest BCUT2D eigenvalue weighted by Crippen LogP contribution is 1.98. The lowest BCUT2D eigenvalue weighted by Crippen LogP contribution is -2.12. The van der Waals surface area contributed by atoms with Crippen molar-refractivity contribution in [1.82, 2.24) is 4.98 Å². The zero-order valence-electron chi connectivity index (χ0n) is 6.55. The number of nitrogens with one attached hydrogen (secondary N) is 1. The lowest BCUT2D eigenvalue weighted by Gasteiger charge is -1.97. The van der Waals surface area contributed by atoms with Crippen LogP contribution in [-0.2, 0) is 6.42 Å². The number of aryl methyl sites for hydroxylation is 1. The summed E-state index contributed by atoms with van der Waals surface area (Å²) in [7, 11) is 0. The number of pyridine rings is 1. The number of aromatic amines is 1. The molecule has 1 aromatic heterocycles. The third-order valence-electron chi connectivity index (χ3n) is 1.52. The molecule has 0 spiro atoms. The third-order valence-corrected chi connectivity index (χ3v) is 1.52. The minimum atomic E-state index is -0.184. The molecule has 3 N–H and O–H groups in total. The van der Waals surface area contributed by atoms with E-state index in [4.69, 9.17) is 5.73 Å². The average Bonchev–Trinajstić information content (AvgIpc) is 1.98. The SMILES string of the molecule is CCCc1ccc(N)c(=O)[nH]1. The van der Waals surface area contributed by atoms with Crippen LogP contribution in [0, 0.1) is 0 Å². The van der Waals surface area contributed by atoms with Crippen molar-refractivity contribution in [2.24, 2.45) is 0 Å². The minimum absolute atomic E-state index is 0.184. The first-order valence-corrected chi connectivity index (χ1v) is 3.71. The van der Waals surface area contributed by atoms with Crippen LogP contribution in [0.25, 0.3) is 0 Å². The van der Waals surface area contributed by atoms with Crippen molar-refractivity contribution in [1.29, 1.82) is 0 Å². The molecule has 3 nitrogen and oxygen atoms in total. The van der Waals surface area contributed by atoms with Crippen LogP contribution < -0.4 is 11.3 Å². The molecule has 0 aliphatic rings. The molecule has 1 heterocycles. The standard InChI is InChI=1S/C8H12N2O/c1-2-3-6-4-5-7(9)8(11)10-6/h4-5H,2-3,9H2,1H3,(H,10,11). The maximum absolute atomic E-state index is 10.9. The number of nitrogens with two attached hydrogens (primary N) is 1. The molecule has 0 saturated heterocycles. The first-order chi connectivity index (χ1) is 5.24. The van der Waals surface area contributed by atoms with Gasteiger partial charge in [0.2, 0.25) is 0 Å². The van der Waals surface area contributed by atoms with Crippen LogP contribution in [0.3, 0.4) is 0 Å². The molecule has 0 amide bonds. The van der Waals surface area contributed by atoms with Gasteiger partial charge in [-0.05, 0) is 18.6 Å². The summed E-state index contributed by atoms with van der Waals surface area (Å²) >= 11 is 0. The Morgan fingerprint density at radius 3 is 2.82 bits per heavy atom. The van der Waals surface area contributed by atoms with Gasteiger partial charge in [-0.15, -0.1) is 0 Å². The fourth-order valence-corrected chi connectivity index (χ4v) is 0.941. The Labute approximate surface area is 65.2 Å². The first kappa shape index (κ1) is 7.85. The van der Waals surface area contributed by atoms with Crippen molar-refractivity contribution in [3.05, 3.63) is 28.2 Å². The van der Waals surface area contributed by atoms with Gasteiger partial charge in [0.25, 0.3) is 5.56 Å². The molecule has 1 aromatic rings. The van der Waals surface area contributed by atoms with E-state index in [0.29, 0.717) is 0 Å². The molecule has 0 unspecified atom stereocenters. The van der Waals surface area contributed by atoms with E-state index in [2.05, 4.69) is 11.9 Å². The summed E-state index contributed by atoms with van der Waals surface area (Å²) in [6.45, 7) is 2.06. The molecule has 3 heteroatoms. The van der Waals surface area contributed by atoms with Gasteiger partial charge >= 0.3 is 0 Å². The lowest BCUT2D eigenvalue weighted by molar-refractivity contribution is 0.876. The van der Waals surface area contributed by atoms with Gasteiger partial charge in [0.15, 0.2) is 0 Å². The Hall–Kier alpha value is -1.25. The quantitative estimate of drug-likeness (QED) is 0.661. The van der Waals surface area contributed by atoms with Crippen LogP contribution in [0.15, 0.2) is 16.9 Å². The zero-order valence-corrected chi connectivity index (χ0v) is 6.55. The van der Waals surface area contributed by atoms with Crippen LogP contribution in [0.2, 0.25) is 0 Å². The summed E-state index contributed by atoms with van der Waals surface area (Å²) in [6.07, 6.45) is 1.93. The molecular formula is C8H12N2O. The maximum atomic E-state index is 10.9. The topological polar surface area (TPSA) is 58.9 Å². The van der Waals surface area contributed by atoms with Crippen molar-refractivity contribution in [2.45, 2.75) is 19.8 Å². The molecule has 0 atom stereocenters. The van der Waals surface area contributed by atoms with E-state index in [-0.39, 0.29) is 11.2 Å². The van der Waals surface area contributed by atoms with E-state index in [0.717, 1.165) is 18.5 Å². The molecule has 0 aliphatic heterocycles. The van der Waals surface area contributed by atoms with E-state index in [1.807, 2.05) is 6.07 Å². The summed E-state index contributed by atoms with van der Waals surface area (Å²) in [4.78, 5) is 13.6. The molecule has 0 fully saturated rings. The molecule has 0 aromatic carbocycles. The van der Waals surface area contributed by atoms with Crippen molar-refractivity contribution in [3.8, 4) is 0 Å². The predicted molar refractivity (Wildman–Crippen MR) is 45.5 cm³/mol. The highest BCUT2D eigenvalue weighted by Gasteiger charge is 1.94.